The number of thioether (sulfide) groups is 1. The van der Waals surface area contributed by atoms with E-state index in [1.807, 2.05) is 0 Å². The lowest BCUT2D eigenvalue weighted by Gasteiger charge is -2.04. The van der Waals surface area contributed by atoms with Gasteiger partial charge >= 0.3 is 0 Å². The van der Waals surface area contributed by atoms with Crippen molar-refractivity contribution in [3.8, 4) is 0 Å². The number of hydrazone groups is 1. The minimum atomic E-state index is -0.179. The second-order valence-electron chi connectivity index (χ2n) is 4.92. The molecular weight excluding hydrogens is 288 g/mol. The molecule has 1 aliphatic rings. The van der Waals surface area contributed by atoms with Gasteiger partial charge in [-0.15, -0.1) is 0 Å². The quantitative estimate of drug-likeness (QED) is 0.336. The highest BCUT2D eigenvalue weighted by atomic mass is 32.2. The van der Waals surface area contributed by atoms with Crippen LogP contribution in [0, 0.1) is 0 Å². The van der Waals surface area contributed by atoms with Crippen molar-refractivity contribution in [3.05, 3.63) is 6.07 Å². The maximum atomic E-state index is 11.8. The summed E-state index contributed by atoms with van der Waals surface area (Å²) in [7, 11) is 0. The van der Waals surface area contributed by atoms with E-state index in [0.29, 0.717) is 16.8 Å². The van der Waals surface area contributed by atoms with E-state index in [1.165, 1.54) is 30.7 Å². The number of carbonyl (C=O) groups excluding carboxylic acids is 1. The van der Waals surface area contributed by atoms with Gasteiger partial charge in [0.05, 0.1) is 5.75 Å². The highest BCUT2D eigenvalue weighted by Gasteiger charge is 2.08. The molecule has 1 amide bonds. The molecule has 1 aromatic heterocycles. The number of carbonyl (C=O) groups is 1. The number of hydrogen-bond acceptors (Lipinski definition) is 7. The number of anilines is 2. The Bertz CT molecular complexity index is 503. The van der Waals surface area contributed by atoms with Crippen molar-refractivity contribution in [2.45, 2.75) is 43.7 Å². The highest BCUT2D eigenvalue weighted by molar-refractivity contribution is 7.99. The summed E-state index contributed by atoms with van der Waals surface area (Å²) >= 11 is 1.18. The molecule has 21 heavy (non-hydrogen) atoms. The molecule has 1 aliphatic carbocycles. The third-order valence-corrected chi connectivity index (χ3v) is 3.94. The Morgan fingerprint density at radius 3 is 2.43 bits per heavy atom. The van der Waals surface area contributed by atoms with E-state index in [1.54, 1.807) is 0 Å². The maximum Gasteiger partial charge on any atom is 0.250 e. The van der Waals surface area contributed by atoms with Crippen LogP contribution in [-0.4, -0.2) is 27.3 Å². The minimum absolute atomic E-state index is 0.179. The zero-order chi connectivity index (χ0) is 15.1. The highest BCUT2D eigenvalue weighted by Crippen LogP contribution is 2.16. The molecular formula is C13H20N6OS. The van der Waals surface area contributed by atoms with Gasteiger partial charge in [0.15, 0.2) is 5.16 Å². The number of nitrogens with one attached hydrogen (secondary N) is 1. The average molecular weight is 308 g/mol. The monoisotopic (exact) mass is 308 g/mol. The van der Waals surface area contributed by atoms with Gasteiger partial charge in [-0.2, -0.15) is 5.10 Å². The molecule has 0 saturated heterocycles. The van der Waals surface area contributed by atoms with Crippen molar-refractivity contribution in [2.24, 2.45) is 5.10 Å². The second kappa shape index (κ2) is 7.82. The molecule has 1 fully saturated rings. The average Bonchev–Trinajstić information content (AvgIpc) is 2.70. The molecule has 0 unspecified atom stereocenters. The standard InChI is InChI=1S/C13H20N6OS/c14-10-7-11(15)17-13(16-10)21-8-12(20)19-18-9-5-3-1-2-4-6-9/h7H,1-6,8H2,(H,19,20)(H4,14,15,16,17). The second-order valence-corrected chi connectivity index (χ2v) is 5.86. The molecule has 1 heterocycles. The third-order valence-electron chi connectivity index (χ3n) is 3.10. The maximum absolute atomic E-state index is 11.8. The molecule has 7 nitrogen and oxygen atoms in total. The van der Waals surface area contributed by atoms with Crippen LogP contribution in [0.3, 0.4) is 0 Å². The molecule has 5 N–H and O–H groups in total. The van der Waals surface area contributed by atoms with Gasteiger partial charge in [0.1, 0.15) is 11.6 Å². The molecule has 0 bridgehead atoms. The van der Waals surface area contributed by atoms with Gasteiger partial charge in [-0.25, -0.2) is 15.4 Å². The Balaban J connectivity index is 1.80. The topological polar surface area (TPSA) is 119 Å². The minimum Gasteiger partial charge on any atom is -0.383 e. The van der Waals surface area contributed by atoms with E-state index < -0.39 is 0 Å². The molecule has 8 heteroatoms. The van der Waals surface area contributed by atoms with Gasteiger partial charge in [0.2, 0.25) is 0 Å². The molecule has 1 aromatic rings. The smallest absolute Gasteiger partial charge is 0.250 e. The summed E-state index contributed by atoms with van der Waals surface area (Å²) in [5, 5.41) is 4.60. The van der Waals surface area contributed by atoms with Crippen LogP contribution in [0.4, 0.5) is 11.6 Å². The fraction of sp³-hybridized carbons (Fsp3) is 0.538. The zero-order valence-electron chi connectivity index (χ0n) is 11.8. The molecule has 1 saturated carbocycles. The Morgan fingerprint density at radius 1 is 1.19 bits per heavy atom. The summed E-state index contributed by atoms with van der Waals surface area (Å²) in [5.74, 6) is 0.592. The summed E-state index contributed by atoms with van der Waals surface area (Å²) < 4.78 is 0. The van der Waals surface area contributed by atoms with Gasteiger partial charge in [-0.3, -0.25) is 4.79 Å². The first-order valence-corrected chi connectivity index (χ1v) is 7.99. The van der Waals surface area contributed by atoms with Crippen molar-refractivity contribution < 1.29 is 4.79 Å². The number of hydrogen-bond donors (Lipinski definition) is 3. The first-order valence-electron chi connectivity index (χ1n) is 7.00. The van der Waals surface area contributed by atoms with Crippen molar-refractivity contribution in [3.63, 3.8) is 0 Å². The van der Waals surface area contributed by atoms with Crippen molar-refractivity contribution in [1.82, 2.24) is 15.4 Å². The van der Waals surface area contributed by atoms with Crippen LogP contribution in [0.5, 0.6) is 0 Å². The molecule has 0 atom stereocenters. The summed E-state index contributed by atoms with van der Waals surface area (Å²) in [4.78, 5) is 19.8. The van der Waals surface area contributed by atoms with Crippen LogP contribution < -0.4 is 16.9 Å². The van der Waals surface area contributed by atoms with Gasteiger partial charge in [-0.05, 0) is 25.7 Å². The molecule has 2 rings (SSSR count). The summed E-state index contributed by atoms with van der Waals surface area (Å²) in [6.07, 6.45) is 6.75. The van der Waals surface area contributed by atoms with Crippen molar-refractivity contribution in [1.29, 1.82) is 0 Å². The lowest BCUT2D eigenvalue weighted by molar-refractivity contribution is -0.118. The molecule has 0 aromatic carbocycles. The number of nitrogen functional groups attached to an aromatic ring is 2. The van der Waals surface area contributed by atoms with Gasteiger partial charge in [0.25, 0.3) is 5.91 Å². The Labute approximate surface area is 128 Å². The number of amides is 1. The van der Waals surface area contributed by atoms with Gasteiger partial charge in [-0.1, -0.05) is 24.6 Å². The van der Waals surface area contributed by atoms with Crippen LogP contribution >= 0.6 is 11.8 Å². The molecule has 114 valence electrons. The first-order chi connectivity index (χ1) is 10.1. The number of aromatic nitrogens is 2. The van der Waals surface area contributed by atoms with E-state index in [2.05, 4.69) is 20.5 Å². The zero-order valence-corrected chi connectivity index (χ0v) is 12.7. The van der Waals surface area contributed by atoms with E-state index >= 15 is 0 Å². The van der Waals surface area contributed by atoms with Gasteiger partial charge in [0, 0.05) is 11.8 Å². The fourth-order valence-corrected chi connectivity index (χ4v) is 2.74. The largest absolute Gasteiger partial charge is 0.383 e. The van der Waals surface area contributed by atoms with E-state index in [-0.39, 0.29) is 11.7 Å². The predicted octanol–water partition coefficient (Wildman–Crippen LogP) is 1.56. The number of nitrogens with zero attached hydrogens (tertiary/aromatic N) is 3. The number of nitrogens with two attached hydrogens (primary N) is 2. The van der Waals surface area contributed by atoms with Crippen LogP contribution in [0.15, 0.2) is 16.3 Å². The Hall–Kier alpha value is -1.83. The van der Waals surface area contributed by atoms with Crippen LogP contribution in [0.25, 0.3) is 0 Å². The van der Waals surface area contributed by atoms with Gasteiger partial charge < -0.3 is 11.5 Å². The molecule has 0 radical (unpaired) electrons. The lowest BCUT2D eigenvalue weighted by atomic mass is 10.2. The first kappa shape index (κ1) is 15.6. The Morgan fingerprint density at radius 2 is 1.81 bits per heavy atom. The molecule has 0 spiro atoms. The van der Waals surface area contributed by atoms with Crippen LogP contribution in [0.2, 0.25) is 0 Å². The van der Waals surface area contributed by atoms with E-state index in [9.17, 15) is 4.79 Å². The summed E-state index contributed by atoms with van der Waals surface area (Å²) in [5.41, 5.74) is 14.8. The predicted molar refractivity (Wildman–Crippen MR) is 84.9 cm³/mol. The SMILES string of the molecule is Nc1cc(N)nc(SCC(=O)NN=C2CCCCCC2)n1. The molecule has 0 aliphatic heterocycles. The summed E-state index contributed by atoms with van der Waals surface area (Å²) in [6.45, 7) is 0. The Kier molecular flexibility index (Phi) is 5.79. The van der Waals surface area contributed by atoms with E-state index in [4.69, 9.17) is 11.5 Å². The van der Waals surface area contributed by atoms with E-state index in [0.717, 1.165) is 31.4 Å². The van der Waals surface area contributed by atoms with Crippen molar-refractivity contribution >= 4 is 35.0 Å². The van der Waals surface area contributed by atoms with Crippen molar-refractivity contribution in [2.75, 3.05) is 17.2 Å². The van der Waals surface area contributed by atoms with Crippen LogP contribution in [0.1, 0.15) is 38.5 Å². The third kappa shape index (κ3) is 5.58. The fourth-order valence-electron chi connectivity index (χ4n) is 2.08. The lowest BCUT2D eigenvalue weighted by Crippen LogP contribution is -2.21. The summed E-state index contributed by atoms with van der Waals surface area (Å²) in [6, 6.07) is 1.47. The van der Waals surface area contributed by atoms with Crippen LogP contribution in [-0.2, 0) is 4.79 Å². The normalized spacial score (nSPS) is 15.3. The number of rotatable bonds is 4.